The zero-order valence-electron chi connectivity index (χ0n) is 13.0. The number of esters is 1. The number of nitrogens with zero attached hydrogens (tertiary/aromatic N) is 1. The SMILES string of the molecule is O=C1OC(c2ccccc2)=N/C1=C/c1ccc(OC(F)(F)C(F)F)cc1. The molecule has 0 saturated heterocycles. The van der Waals surface area contributed by atoms with Crippen molar-refractivity contribution in [2.24, 2.45) is 4.99 Å². The van der Waals surface area contributed by atoms with E-state index in [-0.39, 0.29) is 11.6 Å². The minimum atomic E-state index is -4.58. The van der Waals surface area contributed by atoms with Gasteiger partial charge in [0.15, 0.2) is 5.70 Å². The fourth-order valence-corrected chi connectivity index (χ4v) is 2.10. The molecule has 1 aliphatic rings. The molecule has 1 aliphatic heterocycles. The topological polar surface area (TPSA) is 47.9 Å². The Morgan fingerprint density at radius 3 is 2.31 bits per heavy atom. The maximum Gasteiger partial charge on any atom is 0.461 e. The summed E-state index contributed by atoms with van der Waals surface area (Å²) in [7, 11) is 0. The standard InChI is InChI=1S/C18H11F4NO3/c19-17(20)18(21,22)26-13-8-6-11(7-9-13)10-14-16(24)25-15(23-14)12-4-2-1-3-5-12/h1-10,17H/b14-10+. The summed E-state index contributed by atoms with van der Waals surface area (Å²) in [5.41, 5.74) is 1.08. The minimum absolute atomic E-state index is 0.0235. The lowest BCUT2D eigenvalue weighted by molar-refractivity contribution is -0.253. The van der Waals surface area contributed by atoms with Crippen LogP contribution in [-0.4, -0.2) is 24.4 Å². The fourth-order valence-electron chi connectivity index (χ4n) is 2.10. The number of hydrogen-bond acceptors (Lipinski definition) is 4. The van der Waals surface area contributed by atoms with Crippen LogP contribution in [-0.2, 0) is 9.53 Å². The molecule has 0 aromatic heterocycles. The second-order valence-electron chi connectivity index (χ2n) is 5.24. The molecule has 2 aromatic rings. The van der Waals surface area contributed by atoms with Gasteiger partial charge in [0.2, 0.25) is 5.90 Å². The summed E-state index contributed by atoms with van der Waals surface area (Å²) in [5.74, 6) is -0.938. The van der Waals surface area contributed by atoms with E-state index in [4.69, 9.17) is 4.74 Å². The molecule has 0 N–H and O–H groups in total. The summed E-state index contributed by atoms with van der Waals surface area (Å²) < 4.78 is 59.0. The third-order valence-corrected chi connectivity index (χ3v) is 3.33. The molecule has 0 bridgehead atoms. The maximum atomic E-state index is 12.9. The molecule has 134 valence electrons. The summed E-state index contributed by atoms with van der Waals surface area (Å²) in [4.78, 5) is 16.0. The highest BCUT2D eigenvalue weighted by molar-refractivity contribution is 6.12. The van der Waals surface area contributed by atoms with E-state index in [9.17, 15) is 22.4 Å². The highest BCUT2D eigenvalue weighted by atomic mass is 19.3. The smallest absolute Gasteiger partial charge is 0.428 e. The second-order valence-corrected chi connectivity index (χ2v) is 5.24. The van der Waals surface area contributed by atoms with Crippen LogP contribution in [0, 0.1) is 0 Å². The van der Waals surface area contributed by atoms with Gasteiger partial charge in [-0.05, 0) is 35.9 Å². The van der Waals surface area contributed by atoms with Gasteiger partial charge in [-0.2, -0.15) is 17.6 Å². The first-order valence-electron chi connectivity index (χ1n) is 7.38. The molecule has 3 rings (SSSR count). The lowest BCUT2D eigenvalue weighted by Crippen LogP contribution is -2.33. The van der Waals surface area contributed by atoms with Gasteiger partial charge in [0, 0.05) is 5.56 Å². The number of carbonyl (C=O) groups excluding carboxylic acids is 1. The zero-order valence-corrected chi connectivity index (χ0v) is 13.0. The number of alkyl halides is 4. The molecule has 0 saturated carbocycles. The van der Waals surface area contributed by atoms with Gasteiger partial charge in [0.05, 0.1) is 0 Å². The van der Waals surface area contributed by atoms with Crippen LogP contribution in [0.1, 0.15) is 11.1 Å². The minimum Gasteiger partial charge on any atom is -0.428 e. The summed E-state index contributed by atoms with van der Waals surface area (Å²) in [6.07, 6.45) is -7.14. The normalized spacial score (nSPS) is 16.0. The Balaban J connectivity index is 1.78. The molecule has 0 amide bonds. The monoisotopic (exact) mass is 365 g/mol. The molecule has 2 aromatic carbocycles. The first-order valence-corrected chi connectivity index (χ1v) is 7.38. The highest BCUT2D eigenvalue weighted by Gasteiger charge is 2.43. The van der Waals surface area contributed by atoms with E-state index < -0.39 is 24.3 Å². The van der Waals surface area contributed by atoms with Gasteiger partial charge in [-0.1, -0.05) is 30.3 Å². The molecule has 0 aliphatic carbocycles. The van der Waals surface area contributed by atoms with E-state index in [1.54, 1.807) is 30.3 Å². The molecule has 0 unspecified atom stereocenters. The molecule has 8 heteroatoms. The Morgan fingerprint density at radius 1 is 1.04 bits per heavy atom. The Morgan fingerprint density at radius 2 is 1.69 bits per heavy atom. The van der Waals surface area contributed by atoms with Gasteiger partial charge in [0.1, 0.15) is 5.75 Å². The number of cyclic esters (lactones) is 1. The van der Waals surface area contributed by atoms with E-state index in [0.717, 1.165) is 12.1 Å². The van der Waals surface area contributed by atoms with Gasteiger partial charge in [-0.3, -0.25) is 0 Å². The third-order valence-electron chi connectivity index (χ3n) is 3.33. The van der Waals surface area contributed by atoms with Crippen molar-refractivity contribution >= 4 is 17.9 Å². The van der Waals surface area contributed by atoms with Gasteiger partial charge in [-0.25, -0.2) is 9.79 Å². The van der Waals surface area contributed by atoms with Crippen LogP contribution in [0.2, 0.25) is 0 Å². The number of hydrogen-bond donors (Lipinski definition) is 0. The van der Waals surface area contributed by atoms with E-state index in [1.807, 2.05) is 0 Å². The lowest BCUT2D eigenvalue weighted by atomic mass is 10.2. The largest absolute Gasteiger partial charge is 0.461 e. The highest BCUT2D eigenvalue weighted by Crippen LogP contribution is 2.28. The molecule has 26 heavy (non-hydrogen) atoms. The van der Waals surface area contributed by atoms with Crippen LogP contribution in [0.3, 0.4) is 0 Å². The number of carbonyl (C=O) groups is 1. The van der Waals surface area contributed by atoms with Gasteiger partial charge in [-0.15, -0.1) is 0 Å². The van der Waals surface area contributed by atoms with Gasteiger partial charge >= 0.3 is 18.5 Å². The summed E-state index contributed by atoms with van der Waals surface area (Å²) in [5, 5.41) is 0. The van der Waals surface area contributed by atoms with Crippen molar-refractivity contribution in [2.75, 3.05) is 0 Å². The van der Waals surface area contributed by atoms with Crippen LogP contribution >= 0.6 is 0 Å². The van der Waals surface area contributed by atoms with Crippen molar-refractivity contribution in [1.29, 1.82) is 0 Å². The number of ether oxygens (including phenoxy) is 2. The van der Waals surface area contributed by atoms with Crippen molar-refractivity contribution in [3.8, 4) is 5.75 Å². The second kappa shape index (κ2) is 6.99. The van der Waals surface area contributed by atoms with Crippen molar-refractivity contribution < 1.29 is 31.8 Å². The Bertz CT molecular complexity index is 862. The number of halogens is 4. The first kappa shape index (κ1) is 17.7. The quantitative estimate of drug-likeness (QED) is 0.452. The Kier molecular flexibility index (Phi) is 4.75. The molecular formula is C18H11F4NO3. The fraction of sp³-hybridized carbons (Fsp3) is 0.111. The van der Waals surface area contributed by atoms with Gasteiger partial charge in [0.25, 0.3) is 0 Å². The summed E-state index contributed by atoms with van der Waals surface area (Å²) in [6.45, 7) is 0. The zero-order chi connectivity index (χ0) is 18.7. The summed E-state index contributed by atoms with van der Waals surface area (Å²) >= 11 is 0. The van der Waals surface area contributed by atoms with E-state index in [1.165, 1.54) is 18.2 Å². The van der Waals surface area contributed by atoms with Crippen molar-refractivity contribution in [3.63, 3.8) is 0 Å². The average molecular weight is 365 g/mol. The summed E-state index contributed by atoms with van der Waals surface area (Å²) in [6, 6.07) is 13.6. The van der Waals surface area contributed by atoms with Crippen molar-refractivity contribution in [1.82, 2.24) is 0 Å². The first-order chi connectivity index (χ1) is 12.3. The number of benzene rings is 2. The molecule has 0 spiro atoms. The lowest BCUT2D eigenvalue weighted by Gasteiger charge is -2.16. The predicted octanol–water partition coefficient (Wildman–Crippen LogP) is 4.27. The van der Waals surface area contributed by atoms with Crippen molar-refractivity contribution in [3.05, 3.63) is 71.4 Å². The van der Waals surface area contributed by atoms with Crippen molar-refractivity contribution in [2.45, 2.75) is 12.5 Å². The molecular weight excluding hydrogens is 354 g/mol. The molecule has 0 radical (unpaired) electrons. The van der Waals surface area contributed by atoms with Crippen LogP contribution in [0.15, 0.2) is 65.3 Å². The third kappa shape index (κ3) is 3.90. The molecule has 0 atom stereocenters. The number of rotatable bonds is 5. The van der Waals surface area contributed by atoms with Crippen LogP contribution < -0.4 is 4.74 Å². The van der Waals surface area contributed by atoms with E-state index >= 15 is 0 Å². The Labute approximate surface area is 145 Å². The van der Waals surface area contributed by atoms with E-state index in [0.29, 0.717) is 11.1 Å². The van der Waals surface area contributed by atoms with E-state index in [2.05, 4.69) is 9.73 Å². The molecule has 4 nitrogen and oxygen atoms in total. The number of aliphatic imine (C=N–C) groups is 1. The van der Waals surface area contributed by atoms with Crippen LogP contribution in [0.4, 0.5) is 17.6 Å². The Hall–Kier alpha value is -3.16. The van der Waals surface area contributed by atoms with Crippen LogP contribution in [0.5, 0.6) is 5.75 Å². The molecule has 0 fully saturated rings. The predicted molar refractivity (Wildman–Crippen MR) is 85.1 cm³/mol. The molecule has 1 heterocycles. The van der Waals surface area contributed by atoms with Crippen LogP contribution in [0.25, 0.3) is 6.08 Å². The van der Waals surface area contributed by atoms with Gasteiger partial charge < -0.3 is 9.47 Å². The maximum absolute atomic E-state index is 12.9. The average Bonchev–Trinajstić information content (AvgIpc) is 2.98.